The van der Waals surface area contributed by atoms with Crippen molar-refractivity contribution in [1.82, 2.24) is 15.3 Å². The number of halogens is 3. The highest BCUT2D eigenvalue weighted by molar-refractivity contribution is 5.97. The maximum absolute atomic E-state index is 13.2. The molecule has 0 radical (unpaired) electrons. The molecule has 0 aliphatic heterocycles. The Morgan fingerprint density at radius 3 is 2.21 bits per heavy atom. The third kappa shape index (κ3) is 8.15. The van der Waals surface area contributed by atoms with Crippen LogP contribution < -0.4 is 5.32 Å². The van der Waals surface area contributed by atoms with Gasteiger partial charge in [0, 0.05) is 17.5 Å². The summed E-state index contributed by atoms with van der Waals surface area (Å²) in [6.45, 7) is 7.33. The summed E-state index contributed by atoms with van der Waals surface area (Å²) in [5, 5.41) is 2.99. The standard InChI is InChI=1S/C33H34F3N3O3/c1-21(22-10-6-5-7-11-22)37-31(41)24-16-19-26-28(20-24)38-27(12-8-9-13-29(40)42-32(2,3)4)30(39-26)23-14-17-25(18-15-23)33(34,35)36/h5-7,10-11,14-21H,8-9,12-13H2,1-4H3,(H,37,41)/t21-/m0/s1. The first-order valence-electron chi connectivity index (χ1n) is 13.9. The zero-order chi connectivity index (χ0) is 30.5. The molecule has 0 aliphatic carbocycles. The van der Waals surface area contributed by atoms with Crippen molar-refractivity contribution in [2.24, 2.45) is 0 Å². The zero-order valence-electron chi connectivity index (χ0n) is 24.1. The van der Waals surface area contributed by atoms with Crippen molar-refractivity contribution in [2.45, 2.75) is 71.2 Å². The molecule has 0 fully saturated rings. The van der Waals surface area contributed by atoms with Gasteiger partial charge in [0.2, 0.25) is 0 Å². The smallest absolute Gasteiger partial charge is 0.416 e. The third-order valence-electron chi connectivity index (χ3n) is 6.60. The predicted molar refractivity (Wildman–Crippen MR) is 156 cm³/mol. The first-order chi connectivity index (χ1) is 19.8. The second-order valence-corrected chi connectivity index (χ2v) is 11.2. The molecular formula is C33H34F3N3O3. The summed E-state index contributed by atoms with van der Waals surface area (Å²) in [6, 6.07) is 19.2. The van der Waals surface area contributed by atoms with E-state index in [1.54, 1.807) is 18.2 Å². The number of benzene rings is 3. The summed E-state index contributed by atoms with van der Waals surface area (Å²) in [5.41, 5.74) is 2.60. The molecule has 42 heavy (non-hydrogen) atoms. The fourth-order valence-corrected chi connectivity index (χ4v) is 4.51. The molecule has 4 aromatic rings. The number of aromatic nitrogens is 2. The van der Waals surface area contributed by atoms with Crippen molar-refractivity contribution >= 4 is 22.9 Å². The number of aryl methyl sites for hydroxylation is 1. The van der Waals surface area contributed by atoms with E-state index >= 15 is 0 Å². The monoisotopic (exact) mass is 577 g/mol. The van der Waals surface area contributed by atoms with Crippen LogP contribution in [0.1, 0.15) is 80.2 Å². The molecule has 1 amide bonds. The van der Waals surface area contributed by atoms with Gasteiger partial charge in [-0.25, -0.2) is 9.97 Å². The van der Waals surface area contributed by atoms with Gasteiger partial charge in [0.1, 0.15) is 5.60 Å². The molecule has 0 bridgehead atoms. The fraction of sp³-hybridized carbons (Fsp3) is 0.333. The number of unbranched alkanes of at least 4 members (excludes halogenated alkanes) is 1. The first kappa shape index (κ1) is 30.7. The summed E-state index contributed by atoms with van der Waals surface area (Å²) in [4.78, 5) is 34.7. The number of hydrogen-bond donors (Lipinski definition) is 1. The number of esters is 1. The summed E-state index contributed by atoms with van der Waals surface area (Å²) in [7, 11) is 0. The lowest BCUT2D eigenvalue weighted by Crippen LogP contribution is -2.26. The van der Waals surface area contributed by atoms with Gasteiger partial charge in [-0.15, -0.1) is 0 Å². The number of alkyl halides is 3. The van der Waals surface area contributed by atoms with Gasteiger partial charge in [0.15, 0.2) is 0 Å². The SMILES string of the molecule is C[C@H](NC(=O)c1ccc2nc(-c3ccc(C(F)(F)F)cc3)c(CCCCC(=O)OC(C)(C)C)nc2c1)c1ccccc1. The number of carbonyl (C=O) groups excluding carboxylic acids is 2. The van der Waals surface area contributed by atoms with E-state index < -0.39 is 17.3 Å². The average Bonchev–Trinajstić information content (AvgIpc) is 2.93. The molecule has 0 spiro atoms. The fourth-order valence-electron chi connectivity index (χ4n) is 4.51. The number of nitrogens with zero attached hydrogens (tertiary/aromatic N) is 2. The molecule has 0 saturated carbocycles. The minimum absolute atomic E-state index is 0.205. The van der Waals surface area contributed by atoms with E-state index in [1.165, 1.54) is 12.1 Å². The largest absolute Gasteiger partial charge is 0.460 e. The van der Waals surface area contributed by atoms with Gasteiger partial charge in [-0.05, 0) is 82.9 Å². The van der Waals surface area contributed by atoms with Gasteiger partial charge in [-0.3, -0.25) is 9.59 Å². The number of carbonyl (C=O) groups is 2. The van der Waals surface area contributed by atoms with Crippen LogP contribution in [0, 0.1) is 0 Å². The maximum atomic E-state index is 13.2. The molecule has 0 saturated heterocycles. The summed E-state index contributed by atoms with van der Waals surface area (Å²) in [6.07, 6.45) is -2.66. The Hall–Kier alpha value is -4.27. The molecular weight excluding hydrogens is 543 g/mol. The molecule has 0 aliphatic rings. The lowest BCUT2D eigenvalue weighted by atomic mass is 10.0. The van der Waals surface area contributed by atoms with E-state index in [9.17, 15) is 22.8 Å². The number of hydrogen-bond acceptors (Lipinski definition) is 5. The van der Waals surface area contributed by atoms with E-state index in [-0.39, 0.29) is 24.3 Å². The van der Waals surface area contributed by atoms with Crippen molar-refractivity contribution < 1.29 is 27.5 Å². The topological polar surface area (TPSA) is 81.2 Å². The number of rotatable bonds is 9. The molecule has 4 rings (SSSR count). The Bertz CT molecular complexity index is 1550. The minimum atomic E-state index is -4.45. The van der Waals surface area contributed by atoms with Crippen molar-refractivity contribution in [2.75, 3.05) is 0 Å². The van der Waals surface area contributed by atoms with Crippen molar-refractivity contribution in [3.8, 4) is 11.3 Å². The Labute approximate surface area is 243 Å². The Balaban J connectivity index is 1.60. The quantitative estimate of drug-likeness (QED) is 0.162. The molecule has 220 valence electrons. The van der Waals surface area contributed by atoms with Crippen LogP contribution in [0.3, 0.4) is 0 Å². The lowest BCUT2D eigenvalue weighted by Gasteiger charge is -2.19. The van der Waals surface area contributed by atoms with Crippen molar-refractivity contribution in [1.29, 1.82) is 0 Å². The highest BCUT2D eigenvalue weighted by Gasteiger charge is 2.30. The van der Waals surface area contributed by atoms with Crippen LogP contribution in [0.4, 0.5) is 13.2 Å². The van der Waals surface area contributed by atoms with Crippen LogP contribution in [-0.2, 0) is 22.1 Å². The predicted octanol–water partition coefficient (Wildman–Crippen LogP) is 7.86. The Kier molecular flexibility index (Phi) is 9.29. The summed E-state index contributed by atoms with van der Waals surface area (Å²) >= 11 is 0. The lowest BCUT2D eigenvalue weighted by molar-refractivity contribution is -0.155. The van der Waals surface area contributed by atoms with Crippen LogP contribution in [-0.4, -0.2) is 27.4 Å². The van der Waals surface area contributed by atoms with Gasteiger partial charge in [-0.2, -0.15) is 13.2 Å². The number of amides is 1. The van der Waals surface area contributed by atoms with Gasteiger partial charge in [-0.1, -0.05) is 42.5 Å². The molecule has 1 aromatic heterocycles. The second kappa shape index (κ2) is 12.7. The maximum Gasteiger partial charge on any atom is 0.416 e. The highest BCUT2D eigenvalue weighted by atomic mass is 19.4. The molecule has 1 heterocycles. The normalized spacial score (nSPS) is 12.6. The summed E-state index contributed by atoms with van der Waals surface area (Å²) < 4.78 is 44.9. The van der Waals surface area contributed by atoms with Crippen LogP contribution in [0.15, 0.2) is 72.8 Å². The van der Waals surface area contributed by atoms with E-state index in [4.69, 9.17) is 14.7 Å². The van der Waals surface area contributed by atoms with E-state index in [1.807, 2.05) is 58.0 Å². The molecule has 9 heteroatoms. The van der Waals surface area contributed by atoms with E-state index in [0.29, 0.717) is 52.8 Å². The van der Waals surface area contributed by atoms with Crippen molar-refractivity contribution in [3.63, 3.8) is 0 Å². The Morgan fingerprint density at radius 2 is 1.57 bits per heavy atom. The zero-order valence-corrected chi connectivity index (χ0v) is 24.1. The van der Waals surface area contributed by atoms with Gasteiger partial charge < -0.3 is 10.1 Å². The van der Waals surface area contributed by atoms with Crippen LogP contribution in [0.2, 0.25) is 0 Å². The van der Waals surface area contributed by atoms with E-state index in [2.05, 4.69) is 5.32 Å². The molecule has 1 atom stereocenters. The minimum Gasteiger partial charge on any atom is -0.460 e. The Morgan fingerprint density at radius 1 is 0.881 bits per heavy atom. The van der Waals surface area contributed by atoms with Crippen LogP contribution in [0.5, 0.6) is 0 Å². The van der Waals surface area contributed by atoms with E-state index in [0.717, 1.165) is 17.7 Å². The third-order valence-corrected chi connectivity index (χ3v) is 6.60. The molecule has 3 aromatic carbocycles. The molecule has 6 nitrogen and oxygen atoms in total. The van der Waals surface area contributed by atoms with Gasteiger partial charge >= 0.3 is 12.1 Å². The summed E-state index contributed by atoms with van der Waals surface area (Å²) in [5.74, 6) is -0.559. The highest BCUT2D eigenvalue weighted by Crippen LogP contribution is 2.32. The van der Waals surface area contributed by atoms with Gasteiger partial charge in [0.05, 0.1) is 34.0 Å². The first-order valence-corrected chi connectivity index (χ1v) is 13.9. The van der Waals surface area contributed by atoms with Crippen LogP contribution in [0.25, 0.3) is 22.3 Å². The second-order valence-electron chi connectivity index (χ2n) is 11.2. The number of ether oxygens (including phenoxy) is 1. The average molecular weight is 578 g/mol. The number of fused-ring (bicyclic) bond motifs is 1. The number of nitrogens with one attached hydrogen (secondary N) is 1. The van der Waals surface area contributed by atoms with Gasteiger partial charge in [0.25, 0.3) is 5.91 Å². The van der Waals surface area contributed by atoms with Crippen LogP contribution >= 0.6 is 0 Å². The molecule has 0 unspecified atom stereocenters. The molecule has 1 N–H and O–H groups in total. The van der Waals surface area contributed by atoms with Crippen molar-refractivity contribution in [3.05, 3.63) is 95.2 Å².